The molecule has 2 aromatic heterocycles. The lowest BCUT2D eigenvalue weighted by molar-refractivity contribution is -0.141. The monoisotopic (exact) mass is 303 g/mol. The number of aromatic nitrogens is 2. The lowest BCUT2D eigenvalue weighted by Gasteiger charge is -2.09. The quantitative estimate of drug-likeness (QED) is 0.944. The molecule has 2 aromatic rings. The Hall–Kier alpha value is -2.16. The van der Waals surface area contributed by atoms with Crippen LogP contribution in [0.1, 0.15) is 5.69 Å². The molecule has 0 aliphatic carbocycles. The van der Waals surface area contributed by atoms with Gasteiger partial charge in [-0.3, -0.25) is 9.71 Å². The molecule has 1 N–H and O–H groups in total. The largest absolute Gasteiger partial charge is 0.433 e. The van der Waals surface area contributed by atoms with Crippen LogP contribution in [0.3, 0.4) is 0 Å². The molecule has 2 rings (SSSR count). The normalized spacial score (nSPS) is 12.2. The molecule has 0 atom stereocenters. The van der Waals surface area contributed by atoms with E-state index >= 15 is 0 Å². The third-order valence-electron chi connectivity index (χ3n) is 2.22. The second-order valence-electron chi connectivity index (χ2n) is 3.70. The summed E-state index contributed by atoms with van der Waals surface area (Å²) in [5.41, 5.74) is -1.18. The van der Waals surface area contributed by atoms with E-state index in [1.165, 1.54) is 18.3 Å². The summed E-state index contributed by atoms with van der Waals surface area (Å²) in [6, 6.07) is 5.61. The Labute approximate surface area is 112 Å². The molecular formula is C11H8F3N3O2S. The number of sulfonamides is 1. The molecule has 0 fully saturated rings. The smallest absolute Gasteiger partial charge is 0.263 e. The second-order valence-corrected chi connectivity index (χ2v) is 5.38. The van der Waals surface area contributed by atoms with Crippen LogP contribution in [0.2, 0.25) is 0 Å². The number of nitrogens with one attached hydrogen (secondary N) is 1. The summed E-state index contributed by atoms with van der Waals surface area (Å²) in [6.07, 6.45) is -2.19. The maximum absolute atomic E-state index is 12.5. The lowest BCUT2D eigenvalue weighted by Crippen LogP contribution is -2.16. The van der Waals surface area contributed by atoms with Gasteiger partial charge >= 0.3 is 6.18 Å². The molecule has 20 heavy (non-hydrogen) atoms. The van der Waals surface area contributed by atoms with Gasteiger partial charge in [-0.25, -0.2) is 13.4 Å². The summed E-state index contributed by atoms with van der Waals surface area (Å²) >= 11 is 0. The van der Waals surface area contributed by atoms with Gasteiger partial charge < -0.3 is 0 Å². The maximum Gasteiger partial charge on any atom is 0.433 e. The molecular weight excluding hydrogens is 295 g/mol. The number of hydrogen-bond acceptors (Lipinski definition) is 4. The first-order chi connectivity index (χ1) is 9.29. The van der Waals surface area contributed by atoms with E-state index in [4.69, 9.17) is 0 Å². The molecule has 0 aromatic carbocycles. The van der Waals surface area contributed by atoms with Gasteiger partial charge in [0.1, 0.15) is 16.4 Å². The van der Waals surface area contributed by atoms with E-state index in [2.05, 4.69) is 9.97 Å². The van der Waals surface area contributed by atoms with Crippen molar-refractivity contribution in [2.24, 2.45) is 0 Å². The van der Waals surface area contributed by atoms with E-state index in [0.717, 1.165) is 24.4 Å². The highest BCUT2D eigenvalue weighted by Gasteiger charge is 2.32. The van der Waals surface area contributed by atoms with Crippen molar-refractivity contribution in [2.75, 3.05) is 4.72 Å². The van der Waals surface area contributed by atoms with Crippen molar-refractivity contribution in [3.63, 3.8) is 0 Å². The van der Waals surface area contributed by atoms with Crippen LogP contribution in [0, 0.1) is 0 Å². The van der Waals surface area contributed by atoms with Gasteiger partial charge in [0.25, 0.3) is 10.0 Å². The van der Waals surface area contributed by atoms with Crippen LogP contribution in [-0.4, -0.2) is 18.4 Å². The third kappa shape index (κ3) is 3.23. The fraction of sp³-hybridized carbons (Fsp3) is 0.0909. The summed E-state index contributed by atoms with van der Waals surface area (Å²) in [6.45, 7) is 0. The second kappa shape index (κ2) is 5.08. The Kier molecular flexibility index (Phi) is 3.62. The number of nitrogens with zero attached hydrogens (tertiary/aromatic N) is 2. The van der Waals surface area contributed by atoms with Gasteiger partial charge in [-0.1, -0.05) is 6.07 Å². The van der Waals surface area contributed by atoms with Gasteiger partial charge in [0.15, 0.2) is 0 Å². The van der Waals surface area contributed by atoms with E-state index in [1.807, 2.05) is 4.72 Å². The Balaban J connectivity index is 2.31. The minimum atomic E-state index is -4.64. The van der Waals surface area contributed by atoms with Crippen molar-refractivity contribution in [2.45, 2.75) is 11.1 Å². The van der Waals surface area contributed by atoms with Gasteiger partial charge in [-0.05, 0) is 24.3 Å². The number of hydrogen-bond donors (Lipinski definition) is 1. The molecule has 2 heterocycles. The zero-order valence-electron chi connectivity index (χ0n) is 9.79. The van der Waals surface area contributed by atoms with Crippen LogP contribution in [0.5, 0.6) is 0 Å². The van der Waals surface area contributed by atoms with E-state index in [9.17, 15) is 21.6 Å². The van der Waals surface area contributed by atoms with Crippen molar-refractivity contribution in [1.82, 2.24) is 9.97 Å². The Morgan fingerprint density at radius 2 is 1.85 bits per heavy atom. The predicted octanol–water partition coefficient (Wildman–Crippen LogP) is 2.30. The van der Waals surface area contributed by atoms with Gasteiger partial charge in [0.2, 0.25) is 0 Å². The molecule has 0 amide bonds. The molecule has 106 valence electrons. The van der Waals surface area contributed by atoms with Crippen LogP contribution in [-0.2, 0) is 16.2 Å². The van der Waals surface area contributed by atoms with E-state index in [1.54, 1.807) is 0 Å². The van der Waals surface area contributed by atoms with Gasteiger partial charge in [-0.2, -0.15) is 13.2 Å². The summed E-state index contributed by atoms with van der Waals surface area (Å²) in [7, 11) is -4.02. The minimum absolute atomic E-state index is 0.167. The lowest BCUT2D eigenvalue weighted by atomic mass is 10.3. The zero-order valence-corrected chi connectivity index (χ0v) is 10.6. The fourth-order valence-electron chi connectivity index (χ4n) is 1.35. The van der Waals surface area contributed by atoms with Crippen molar-refractivity contribution in [3.8, 4) is 0 Å². The highest BCUT2D eigenvalue weighted by Crippen LogP contribution is 2.28. The predicted molar refractivity (Wildman–Crippen MR) is 64.3 cm³/mol. The van der Waals surface area contributed by atoms with E-state index in [0.29, 0.717) is 0 Å². The molecule has 0 aliphatic heterocycles. The number of alkyl halides is 3. The van der Waals surface area contributed by atoms with Crippen LogP contribution >= 0.6 is 0 Å². The average molecular weight is 303 g/mol. The standard InChI is InChI=1S/C11H8F3N3O2S/c12-11(13,14)9-4-1-5-10(16-9)17-20(18,19)8-3-2-6-15-7-8/h1-7H,(H,16,17). The average Bonchev–Trinajstić information content (AvgIpc) is 2.38. The van der Waals surface area contributed by atoms with Crippen molar-refractivity contribution < 1.29 is 21.6 Å². The molecule has 5 nitrogen and oxygen atoms in total. The Morgan fingerprint density at radius 1 is 1.10 bits per heavy atom. The summed E-state index contributed by atoms with van der Waals surface area (Å²) in [5.74, 6) is -0.413. The summed E-state index contributed by atoms with van der Waals surface area (Å²) in [5, 5.41) is 0. The molecule has 0 saturated heterocycles. The van der Waals surface area contributed by atoms with E-state index < -0.39 is 27.7 Å². The topological polar surface area (TPSA) is 72.0 Å². The third-order valence-corrected chi connectivity index (χ3v) is 3.56. The molecule has 0 saturated carbocycles. The molecule has 0 aliphatic rings. The van der Waals surface area contributed by atoms with Crippen molar-refractivity contribution >= 4 is 15.8 Å². The van der Waals surface area contributed by atoms with Crippen molar-refractivity contribution in [3.05, 3.63) is 48.4 Å². The summed E-state index contributed by atoms with van der Waals surface area (Å²) < 4.78 is 63.2. The van der Waals surface area contributed by atoms with Gasteiger partial charge in [0, 0.05) is 12.4 Å². The van der Waals surface area contributed by atoms with Gasteiger partial charge in [0.05, 0.1) is 0 Å². The highest BCUT2D eigenvalue weighted by molar-refractivity contribution is 7.92. The molecule has 0 unspecified atom stereocenters. The van der Waals surface area contributed by atoms with Crippen molar-refractivity contribution in [1.29, 1.82) is 0 Å². The number of anilines is 1. The number of rotatable bonds is 3. The number of pyridine rings is 2. The SMILES string of the molecule is O=S(=O)(Nc1cccc(C(F)(F)F)n1)c1cccnc1. The Morgan fingerprint density at radius 3 is 2.45 bits per heavy atom. The molecule has 9 heteroatoms. The minimum Gasteiger partial charge on any atom is -0.263 e. The van der Waals surface area contributed by atoms with Crippen LogP contribution in [0.15, 0.2) is 47.6 Å². The molecule has 0 spiro atoms. The molecule has 0 radical (unpaired) electrons. The van der Waals surface area contributed by atoms with Crippen LogP contribution < -0.4 is 4.72 Å². The first-order valence-electron chi connectivity index (χ1n) is 5.26. The summed E-state index contributed by atoms with van der Waals surface area (Å²) in [4.78, 5) is 6.68. The van der Waals surface area contributed by atoms with Crippen LogP contribution in [0.25, 0.3) is 0 Å². The zero-order chi connectivity index (χ0) is 14.8. The first kappa shape index (κ1) is 14.3. The highest BCUT2D eigenvalue weighted by atomic mass is 32.2. The molecule has 0 bridgehead atoms. The maximum atomic E-state index is 12.5. The fourth-order valence-corrected chi connectivity index (χ4v) is 2.32. The first-order valence-corrected chi connectivity index (χ1v) is 6.74. The van der Waals surface area contributed by atoms with E-state index in [-0.39, 0.29) is 4.90 Å². The van der Waals surface area contributed by atoms with Gasteiger partial charge in [-0.15, -0.1) is 0 Å². The number of halogens is 3. The Bertz CT molecular complexity index is 702. The van der Waals surface area contributed by atoms with Crippen LogP contribution in [0.4, 0.5) is 19.0 Å².